The van der Waals surface area contributed by atoms with Crippen LogP contribution in [0.25, 0.3) is 16.9 Å². The Morgan fingerprint density at radius 2 is 1.68 bits per heavy atom. The number of H-pyrrole nitrogens is 1. The number of para-hydroxylation sites is 1. The van der Waals surface area contributed by atoms with Crippen LogP contribution in [0, 0.1) is 6.92 Å². The zero-order valence-electron chi connectivity index (χ0n) is 22.0. The zero-order chi connectivity index (χ0) is 28.3. The summed E-state index contributed by atoms with van der Waals surface area (Å²) in [6.07, 6.45) is 1.48. The number of nitrogens with one attached hydrogen (secondary N) is 2. The first-order chi connectivity index (χ1) is 19.2. The predicted molar refractivity (Wildman–Crippen MR) is 154 cm³/mol. The van der Waals surface area contributed by atoms with Crippen LogP contribution in [0.15, 0.2) is 106 Å². The molecule has 0 spiro atoms. The number of benzene rings is 3. The lowest BCUT2D eigenvalue weighted by atomic mass is 10.0. The Morgan fingerprint density at radius 1 is 0.975 bits per heavy atom. The van der Waals surface area contributed by atoms with Crippen LogP contribution in [-0.2, 0) is 10.0 Å². The second-order valence-electron chi connectivity index (χ2n) is 8.88. The van der Waals surface area contributed by atoms with Crippen molar-refractivity contribution in [1.82, 2.24) is 19.7 Å². The summed E-state index contributed by atoms with van der Waals surface area (Å²) in [6, 6.07) is 24.3. The summed E-state index contributed by atoms with van der Waals surface area (Å²) in [5.41, 5.74) is 3.77. The van der Waals surface area contributed by atoms with E-state index in [4.69, 9.17) is 4.74 Å². The average Bonchev–Trinajstić information content (AvgIpc) is 3.30. The number of anilines is 1. The van der Waals surface area contributed by atoms with Crippen LogP contribution in [0.3, 0.4) is 0 Å². The van der Waals surface area contributed by atoms with Crippen LogP contribution in [0.2, 0.25) is 0 Å². The van der Waals surface area contributed by atoms with E-state index < -0.39 is 10.0 Å². The molecule has 2 N–H and O–H groups in total. The third kappa shape index (κ3) is 5.54. The molecule has 0 fully saturated rings. The van der Waals surface area contributed by atoms with Gasteiger partial charge in [-0.3, -0.25) is 14.9 Å². The summed E-state index contributed by atoms with van der Waals surface area (Å²) in [7, 11) is -2.31. The lowest BCUT2D eigenvalue weighted by Gasteiger charge is -2.07. The van der Waals surface area contributed by atoms with Crippen molar-refractivity contribution in [1.29, 1.82) is 0 Å². The Morgan fingerprint density at radius 3 is 2.33 bits per heavy atom. The van der Waals surface area contributed by atoms with Gasteiger partial charge in [0, 0.05) is 17.5 Å². The monoisotopic (exact) mass is 554 g/mol. The first-order valence-electron chi connectivity index (χ1n) is 12.3. The number of hydrogen-bond donors (Lipinski definition) is 2. The lowest BCUT2D eigenvalue weighted by Crippen LogP contribution is -2.19. The Bertz CT molecular complexity index is 1840. The smallest absolute Gasteiger partial charge is 0.280 e. The van der Waals surface area contributed by atoms with E-state index in [-0.39, 0.29) is 16.4 Å². The van der Waals surface area contributed by atoms with Crippen molar-refractivity contribution in [3.63, 3.8) is 0 Å². The second kappa shape index (κ2) is 11.0. The van der Waals surface area contributed by atoms with E-state index in [1.807, 2.05) is 54.6 Å². The highest BCUT2D eigenvalue weighted by atomic mass is 32.2. The van der Waals surface area contributed by atoms with E-state index >= 15 is 0 Å². The normalized spacial score (nSPS) is 11.8. The molecule has 5 aromatic rings. The van der Waals surface area contributed by atoms with Crippen LogP contribution in [0.4, 0.5) is 11.6 Å². The van der Waals surface area contributed by atoms with E-state index in [0.717, 1.165) is 5.56 Å². The summed E-state index contributed by atoms with van der Waals surface area (Å²) in [6.45, 7) is 3.49. The molecule has 3 aromatic carbocycles. The van der Waals surface area contributed by atoms with Crippen molar-refractivity contribution in [3.8, 4) is 22.7 Å². The largest absolute Gasteiger partial charge is 0.497 e. The summed E-state index contributed by atoms with van der Waals surface area (Å²) in [5.74, 6) is 0.685. The lowest BCUT2D eigenvalue weighted by molar-refractivity contribution is 0.415. The average molecular weight is 555 g/mol. The standard InChI is InChI=1S/C29H26N6O4S/c1-19-17-18-30-29(31-19)34-40(37,38)25-15-11-22(12-16-25)32-20(2)26-27(21-9-13-24(39-3)14-10-21)33-35(28(26)36)23-7-5-4-6-8-23/h4-18,33H,1-3H3,(H,30,31,34). The Hall–Kier alpha value is -5.03. The minimum Gasteiger partial charge on any atom is -0.497 e. The van der Waals surface area contributed by atoms with Gasteiger partial charge < -0.3 is 4.74 Å². The molecule has 0 saturated heterocycles. The van der Waals surface area contributed by atoms with Gasteiger partial charge in [0.15, 0.2) is 0 Å². The number of rotatable bonds is 8. The quantitative estimate of drug-likeness (QED) is 0.263. The van der Waals surface area contributed by atoms with Crippen LogP contribution in [-0.4, -0.2) is 41.0 Å². The number of aromatic amines is 1. The Kier molecular flexibility index (Phi) is 7.30. The number of sulfonamides is 1. The summed E-state index contributed by atoms with van der Waals surface area (Å²) in [5, 5.41) is 3.23. The molecule has 2 heterocycles. The summed E-state index contributed by atoms with van der Waals surface area (Å²) in [4.78, 5) is 26.3. The van der Waals surface area contributed by atoms with Crippen LogP contribution < -0.4 is 15.0 Å². The number of hydrogen-bond acceptors (Lipinski definition) is 7. The van der Waals surface area contributed by atoms with Crippen molar-refractivity contribution in [2.75, 3.05) is 11.8 Å². The first-order valence-corrected chi connectivity index (χ1v) is 13.8. The fourth-order valence-electron chi connectivity index (χ4n) is 4.12. The molecule has 10 nitrogen and oxygen atoms in total. The van der Waals surface area contributed by atoms with E-state index in [1.54, 1.807) is 39.2 Å². The number of aromatic nitrogens is 4. The summed E-state index contributed by atoms with van der Waals surface area (Å²) >= 11 is 0. The van der Waals surface area contributed by atoms with Crippen molar-refractivity contribution in [3.05, 3.63) is 113 Å². The topological polar surface area (TPSA) is 131 Å². The maximum absolute atomic E-state index is 13.6. The zero-order valence-corrected chi connectivity index (χ0v) is 22.8. The van der Waals surface area contributed by atoms with E-state index in [2.05, 4.69) is 24.8 Å². The maximum atomic E-state index is 13.6. The molecule has 0 saturated carbocycles. The molecular weight excluding hydrogens is 528 g/mol. The SMILES string of the molecule is COc1ccc(-c2[nH]n(-c3ccccc3)c(=O)c2C(C)=Nc2ccc(S(=O)(=O)Nc3nccc(C)n3)cc2)cc1. The Labute approximate surface area is 231 Å². The van der Waals surface area contributed by atoms with Gasteiger partial charge in [-0.1, -0.05) is 18.2 Å². The molecule has 0 unspecified atom stereocenters. The first kappa shape index (κ1) is 26.6. The molecule has 0 amide bonds. The van der Waals surface area contributed by atoms with Gasteiger partial charge in [-0.05, 0) is 80.6 Å². The number of aliphatic imine (C=N–C) groups is 1. The molecule has 0 atom stereocenters. The van der Waals surface area contributed by atoms with E-state index in [1.165, 1.54) is 23.0 Å². The highest BCUT2D eigenvalue weighted by Gasteiger charge is 2.20. The molecular formula is C29H26N6O4S. The van der Waals surface area contributed by atoms with Gasteiger partial charge in [-0.2, -0.15) is 0 Å². The fourth-order valence-corrected chi connectivity index (χ4v) is 5.08. The van der Waals surface area contributed by atoms with Crippen molar-refractivity contribution >= 4 is 27.4 Å². The van der Waals surface area contributed by atoms with Crippen LogP contribution in [0.5, 0.6) is 5.75 Å². The third-order valence-corrected chi connectivity index (χ3v) is 7.45. The van der Waals surface area contributed by atoms with Gasteiger partial charge in [0.2, 0.25) is 5.95 Å². The number of nitrogens with zero attached hydrogens (tertiary/aromatic N) is 4. The van der Waals surface area contributed by atoms with Crippen LogP contribution >= 0.6 is 0 Å². The maximum Gasteiger partial charge on any atom is 0.280 e. The molecule has 2 aromatic heterocycles. The molecule has 0 bridgehead atoms. The highest BCUT2D eigenvalue weighted by molar-refractivity contribution is 7.92. The molecule has 0 radical (unpaired) electrons. The van der Waals surface area contributed by atoms with Crippen molar-refractivity contribution in [2.45, 2.75) is 18.7 Å². The van der Waals surface area contributed by atoms with Crippen molar-refractivity contribution < 1.29 is 13.2 Å². The van der Waals surface area contributed by atoms with Crippen molar-refractivity contribution in [2.24, 2.45) is 4.99 Å². The summed E-state index contributed by atoms with van der Waals surface area (Å²) < 4.78 is 34.8. The minimum atomic E-state index is -3.90. The third-order valence-electron chi connectivity index (χ3n) is 6.11. The van der Waals surface area contributed by atoms with Gasteiger partial charge in [0.25, 0.3) is 15.6 Å². The minimum absolute atomic E-state index is 0.00819. The molecule has 0 aliphatic heterocycles. The van der Waals surface area contributed by atoms with E-state index in [0.29, 0.717) is 39.8 Å². The van der Waals surface area contributed by atoms with Gasteiger partial charge in [0.1, 0.15) is 5.75 Å². The number of methoxy groups -OCH3 is 1. The Balaban J connectivity index is 1.51. The van der Waals surface area contributed by atoms with Gasteiger partial charge in [0.05, 0.1) is 40.3 Å². The molecule has 0 aliphatic rings. The van der Waals surface area contributed by atoms with Crippen LogP contribution in [0.1, 0.15) is 18.2 Å². The predicted octanol–water partition coefficient (Wildman–Crippen LogP) is 4.88. The van der Waals surface area contributed by atoms with Gasteiger partial charge in [-0.25, -0.2) is 27.8 Å². The molecule has 11 heteroatoms. The molecule has 202 valence electrons. The molecule has 0 aliphatic carbocycles. The fraction of sp³-hybridized carbons (Fsp3) is 0.103. The highest BCUT2D eigenvalue weighted by Crippen LogP contribution is 2.26. The molecule has 40 heavy (non-hydrogen) atoms. The second-order valence-corrected chi connectivity index (χ2v) is 10.6. The molecule has 5 rings (SSSR count). The number of aryl methyl sites for hydroxylation is 1. The van der Waals surface area contributed by atoms with Gasteiger partial charge >= 0.3 is 0 Å². The van der Waals surface area contributed by atoms with Gasteiger partial charge in [-0.15, -0.1) is 0 Å². The number of ether oxygens (including phenoxy) is 1. The van der Waals surface area contributed by atoms with E-state index in [9.17, 15) is 13.2 Å².